The van der Waals surface area contributed by atoms with Crippen LogP contribution in [0.1, 0.15) is 45.6 Å². The van der Waals surface area contributed by atoms with Gasteiger partial charge in [0.15, 0.2) is 0 Å². The first-order valence-electron chi connectivity index (χ1n) is 7.42. The van der Waals surface area contributed by atoms with Gasteiger partial charge in [0.1, 0.15) is 5.60 Å². The molecular formula is C16H26N2O3. The second kappa shape index (κ2) is 7.98. The normalized spacial score (nSPS) is 13.6. The topological polar surface area (TPSA) is 60.5 Å². The van der Waals surface area contributed by atoms with E-state index in [9.17, 15) is 4.79 Å². The van der Waals surface area contributed by atoms with E-state index in [1.54, 1.807) is 13.3 Å². The van der Waals surface area contributed by atoms with Crippen molar-refractivity contribution in [2.24, 2.45) is 0 Å². The van der Waals surface area contributed by atoms with E-state index >= 15 is 0 Å². The zero-order valence-electron chi connectivity index (χ0n) is 13.7. The third kappa shape index (κ3) is 4.70. The summed E-state index contributed by atoms with van der Waals surface area (Å²) in [6, 6.07) is 1.85. The van der Waals surface area contributed by atoms with Crippen LogP contribution in [0.15, 0.2) is 12.3 Å². The molecule has 0 saturated carbocycles. The van der Waals surface area contributed by atoms with Gasteiger partial charge in [0.25, 0.3) is 5.91 Å². The molecule has 118 valence electrons. The van der Waals surface area contributed by atoms with Crippen molar-refractivity contribution in [2.75, 3.05) is 19.0 Å². The Hall–Kier alpha value is -1.62. The Bertz CT molecular complexity index is 477. The predicted molar refractivity (Wildman–Crippen MR) is 83.7 cm³/mol. The molecule has 0 fully saturated rings. The summed E-state index contributed by atoms with van der Waals surface area (Å²) < 4.78 is 10.8. The second-order valence-electron chi connectivity index (χ2n) is 5.27. The molecule has 0 unspecified atom stereocenters. The lowest BCUT2D eigenvalue weighted by atomic mass is 9.97. The predicted octanol–water partition coefficient (Wildman–Crippen LogP) is 3.32. The molecule has 0 aliphatic carbocycles. The molecule has 1 heterocycles. The first kappa shape index (κ1) is 17.4. The molecular weight excluding hydrogens is 268 g/mol. The number of hydrogen-bond donors (Lipinski definition) is 1. The number of carbonyl (C=O) groups is 1. The number of aromatic nitrogens is 1. The van der Waals surface area contributed by atoms with Crippen LogP contribution in [0.2, 0.25) is 0 Å². The third-order valence-corrected chi connectivity index (χ3v) is 3.51. The van der Waals surface area contributed by atoms with E-state index in [-0.39, 0.29) is 5.91 Å². The highest BCUT2D eigenvalue weighted by molar-refractivity contribution is 5.97. The van der Waals surface area contributed by atoms with E-state index in [1.165, 1.54) is 0 Å². The van der Waals surface area contributed by atoms with Crippen molar-refractivity contribution in [3.63, 3.8) is 0 Å². The van der Waals surface area contributed by atoms with Gasteiger partial charge < -0.3 is 14.8 Å². The summed E-state index contributed by atoms with van der Waals surface area (Å²) in [5.41, 5.74) is 0.728. The molecule has 0 saturated heterocycles. The number of ether oxygens (including phenoxy) is 2. The average molecular weight is 294 g/mol. The van der Waals surface area contributed by atoms with Gasteiger partial charge in [-0.05, 0) is 33.3 Å². The van der Waals surface area contributed by atoms with E-state index in [0.717, 1.165) is 18.4 Å². The number of rotatable bonds is 8. The lowest BCUT2D eigenvalue weighted by Crippen LogP contribution is -2.42. The van der Waals surface area contributed by atoms with Crippen molar-refractivity contribution in [3.8, 4) is 5.88 Å². The first-order chi connectivity index (χ1) is 9.96. The summed E-state index contributed by atoms with van der Waals surface area (Å²) in [7, 11) is 1.57. The zero-order chi connectivity index (χ0) is 15.9. The SMILES string of the molecule is CCCC[C@@](C)(OC)C(=O)Nc1cnc(OCC)c(C)c1. The van der Waals surface area contributed by atoms with E-state index < -0.39 is 5.60 Å². The highest BCUT2D eigenvalue weighted by atomic mass is 16.5. The lowest BCUT2D eigenvalue weighted by molar-refractivity contribution is -0.136. The van der Waals surface area contributed by atoms with Crippen LogP contribution in [-0.2, 0) is 9.53 Å². The summed E-state index contributed by atoms with van der Waals surface area (Å²) in [6.45, 7) is 8.29. The molecule has 0 spiro atoms. The maximum atomic E-state index is 12.4. The Morgan fingerprint density at radius 1 is 1.43 bits per heavy atom. The summed E-state index contributed by atoms with van der Waals surface area (Å²) >= 11 is 0. The number of anilines is 1. The lowest BCUT2D eigenvalue weighted by Gasteiger charge is -2.26. The largest absolute Gasteiger partial charge is 0.478 e. The maximum absolute atomic E-state index is 12.4. The molecule has 21 heavy (non-hydrogen) atoms. The second-order valence-corrected chi connectivity index (χ2v) is 5.27. The molecule has 5 heteroatoms. The Labute approximate surface area is 127 Å². The van der Waals surface area contributed by atoms with Gasteiger partial charge in [0, 0.05) is 12.7 Å². The van der Waals surface area contributed by atoms with E-state index in [4.69, 9.17) is 9.47 Å². The monoisotopic (exact) mass is 294 g/mol. The van der Waals surface area contributed by atoms with E-state index in [0.29, 0.717) is 24.6 Å². The molecule has 0 aliphatic rings. The minimum atomic E-state index is -0.817. The number of nitrogens with one attached hydrogen (secondary N) is 1. The van der Waals surface area contributed by atoms with Gasteiger partial charge in [0.2, 0.25) is 5.88 Å². The molecule has 5 nitrogen and oxygen atoms in total. The van der Waals surface area contributed by atoms with Crippen LogP contribution in [0.3, 0.4) is 0 Å². The molecule has 1 N–H and O–H groups in total. The molecule has 0 radical (unpaired) electrons. The molecule has 1 rings (SSSR count). The summed E-state index contributed by atoms with van der Waals surface area (Å²) in [5, 5.41) is 2.87. The third-order valence-electron chi connectivity index (χ3n) is 3.51. The van der Waals surface area contributed by atoms with Gasteiger partial charge in [-0.15, -0.1) is 0 Å². The van der Waals surface area contributed by atoms with Gasteiger partial charge in [0.05, 0.1) is 18.5 Å². The number of carbonyl (C=O) groups excluding carboxylic acids is 1. The molecule has 0 aromatic carbocycles. The Morgan fingerprint density at radius 3 is 2.67 bits per heavy atom. The van der Waals surface area contributed by atoms with Crippen molar-refractivity contribution in [1.82, 2.24) is 4.98 Å². The average Bonchev–Trinajstić information content (AvgIpc) is 2.47. The molecule has 1 atom stereocenters. The molecule has 1 aromatic rings. The van der Waals surface area contributed by atoms with Gasteiger partial charge in [-0.2, -0.15) is 0 Å². The quantitative estimate of drug-likeness (QED) is 0.799. The number of methoxy groups -OCH3 is 1. The Morgan fingerprint density at radius 2 is 2.14 bits per heavy atom. The fourth-order valence-electron chi connectivity index (χ4n) is 2.00. The van der Waals surface area contributed by atoms with Crippen LogP contribution < -0.4 is 10.1 Å². The fourth-order valence-corrected chi connectivity index (χ4v) is 2.00. The number of hydrogen-bond acceptors (Lipinski definition) is 4. The van der Waals surface area contributed by atoms with E-state index in [2.05, 4.69) is 17.2 Å². The molecule has 0 aliphatic heterocycles. The first-order valence-corrected chi connectivity index (χ1v) is 7.42. The smallest absolute Gasteiger partial charge is 0.256 e. The van der Waals surface area contributed by atoms with Crippen molar-refractivity contribution < 1.29 is 14.3 Å². The minimum absolute atomic E-state index is 0.149. The minimum Gasteiger partial charge on any atom is -0.478 e. The molecule has 0 bridgehead atoms. The van der Waals surface area contributed by atoms with Crippen LogP contribution in [0.25, 0.3) is 0 Å². The van der Waals surface area contributed by atoms with Crippen LogP contribution in [0.5, 0.6) is 5.88 Å². The summed E-state index contributed by atoms with van der Waals surface area (Å²) in [4.78, 5) is 16.6. The van der Waals surface area contributed by atoms with Gasteiger partial charge in [-0.25, -0.2) is 4.98 Å². The van der Waals surface area contributed by atoms with E-state index in [1.807, 2.05) is 26.8 Å². The van der Waals surface area contributed by atoms with Crippen LogP contribution in [0.4, 0.5) is 5.69 Å². The van der Waals surface area contributed by atoms with Gasteiger partial charge in [-0.1, -0.05) is 19.8 Å². The zero-order valence-corrected chi connectivity index (χ0v) is 13.7. The molecule has 1 aromatic heterocycles. The molecule has 1 amide bonds. The van der Waals surface area contributed by atoms with Gasteiger partial charge >= 0.3 is 0 Å². The summed E-state index contributed by atoms with van der Waals surface area (Å²) in [6.07, 6.45) is 4.26. The van der Waals surface area contributed by atoms with Crippen molar-refractivity contribution in [2.45, 2.75) is 52.6 Å². The maximum Gasteiger partial charge on any atom is 0.256 e. The fraction of sp³-hybridized carbons (Fsp3) is 0.625. The Kier molecular flexibility index (Phi) is 6.62. The van der Waals surface area contributed by atoms with Crippen molar-refractivity contribution in [1.29, 1.82) is 0 Å². The van der Waals surface area contributed by atoms with Crippen molar-refractivity contribution >= 4 is 11.6 Å². The highest BCUT2D eigenvalue weighted by Crippen LogP contribution is 2.23. The number of aryl methyl sites for hydroxylation is 1. The highest BCUT2D eigenvalue weighted by Gasteiger charge is 2.32. The standard InChI is InChI=1S/C16H26N2O3/c1-6-8-9-16(4,20-5)15(19)18-13-10-12(3)14(17-11-13)21-7-2/h10-11H,6-9H2,1-5H3,(H,18,19)/t16-/m1/s1. The Balaban J connectivity index is 2.79. The van der Waals surface area contributed by atoms with Crippen LogP contribution in [0, 0.1) is 6.92 Å². The number of amides is 1. The van der Waals surface area contributed by atoms with Crippen LogP contribution >= 0.6 is 0 Å². The van der Waals surface area contributed by atoms with Crippen molar-refractivity contribution in [3.05, 3.63) is 17.8 Å². The number of unbranched alkanes of at least 4 members (excludes halogenated alkanes) is 1. The number of pyridine rings is 1. The van der Waals surface area contributed by atoms with Gasteiger partial charge in [-0.3, -0.25) is 4.79 Å². The van der Waals surface area contributed by atoms with Crippen LogP contribution in [-0.4, -0.2) is 30.2 Å². The summed E-state index contributed by atoms with van der Waals surface area (Å²) in [5.74, 6) is 0.444. The number of nitrogens with zero attached hydrogens (tertiary/aromatic N) is 1.